The predicted molar refractivity (Wildman–Crippen MR) is 50.9 cm³/mol. The topological polar surface area (TPSA) is 18.5 Å². The van der Waals surface area contributed by atoms with Crippen LogP contribution in [0.25, 0.3) is 0 Å². The molecule has 66 valence electrons. The van der Waals surface area contributed by atoms with E-state index >= 15 is 0 Å². The Bertz CT molecular complexity index is 201. The van der Waals surface area contributed by atoms with Crippen molar-refractivity contribution >= 4 is 12.0 Å². The molecule has 0 bridgehead atoms. The Labute approximate surface area is 77.0 Å². The van der Waals surface area contributed by atoms with E-state index in [4.69, 9.17) is 9.22 Å². The molecule has 0 radical (unpaired) electrons. The lowest BCUT2D eigenvalue weighted by molar-refractivity contribution is -0.0776. The van der Waals surface area contributed by atoms with Crippen LogP contribution in [0.2, 0.25) is 0 Å². The van der Waals surface area contributed by atoms with Crippen molar-refractivity contribution in [2.75, 3.05) is 5.75 Å². The Kier molecular flexibility index (Phi) is 4.64. The highest BCUT2D eigenvalue weighted by Crippen LogP contribution is 2.12. The van der Waals surface area contributed by atoms with E-state index in [-0.39, 0.29) is 0 Å². The van der Waals surface area contributed by atoms with Crippen LogP contribution in [0.3, 0.4) is 0 Å². The maximum Gasteiger partial charge on any atom is 0.166 e. The zero-order chi connectivity index (χ0) is 8.65. The predicted octanol–water partition coefficient (Wildman–Crippen LogP) is 3.06. The molecular weight excluding hydrogens is 172 g/mol. The second kappa shape index (κ2) is 5.91. The first-order chi connectivity index (χ1) is 5.93. The lowest BCUT2D eigenvalue weighted by atomic mass is 10.3. The van der Waals surface area contributed by atoms with Crippen LogP contribution in [0.1, 0.15) is 13.3 Å². The maximum absolute atomic E-state index is 4.97. The van der Waals surface area contributed by atoms with E-state index in [1.165, 1.54) is 12.0 Å². The summed E-state index contributed by atoms with van der Waals surface area (Å²) < 4.78 is 4.88. The van der Waals surface area contributed by atoms with Crippen LogP contribution >= 0.6 is 12.0 Å². The van der Waals surface area contributed by atoms with Gasteiger partial charge in [-0.3, -0.25) is 0 Å². The van der Waals surface area contributed by atoms with Gasteiger partial charge in [0.2, 0.25) is 0 Å². The fraction of sp³-hybridized carbons (Fsp3) is 0.333. The van der Waals surface area contributed by atoms with Gasteiger partial charge in [-0.15, -0.1) is 4.33 Å². The number of para-hydroxylation sites is 1. The van der Waals surface area contributed by atoms with Gasteiger partial charge in [0.25, 0.3) is 0 Å². The van der Waals surface area contributed by atoms with Crippen molar-refractivity contribution in [3.8, 4) is 5.75 Å². The van der Waals surface area contributed by atoms with Crippen molar-refractivity contribution < 1.29 is 9.22 Å². The van der Waals surface area contributed by atoms with Crippen LogP contribution < -0.4 is 4.89 Å². The normalized spacial score (nSPS) is 9.75. The summed E-state index contributed by atoms with van der Waals surface area (Å²) in [5, 5.41) is 0. The average molecular weight is 184 g/mol. The minimum absolute atomic E-state index is 0.737. The Balaban J connectivity index is 2.16. The largest absolute Gasteiger partial charge is 0.325 e. The molecule has 0 unspecified atom stereocenters. The van der Waals surface area contributed by atoms with E-state index in [9.17, 15) is 0 Å². The first-order valence-corrected chi connectivity index (χ1v) is 4.85. The van der Waals surface area contributed by atoms with Crippen molar-refractivity contribution in [1.82, 2.24) is 0 Å². The molecule has 0 heterocycles. The monoisotopic (exact) mass is 184 g/mol. The van der Waals surface area contributed by atoms with Crippen LogP contribution in [-0.2, 0) is 4.33 Å². The summed E-state index contributed by atoms with van der Waals surface area (Å²) in [7, 11) is 0. The lowest BCUT2D eigenvalue weighted by Gasteiger charge is -2.01. The summed E-state index contributed by atoms with van der Waals surface area (Å²) in [5.41, 5.74) is 0. The standard InChI is InChI=1S/C9H12O2S/c1-2-8-12-11-10-9-6-4-3-5-7-9/h3-7H,2,8H2,1H3. The second-order valence-electron chi connectivity index (χ2n) is 2.29. The molecule has 12 heavy (non-hydrogen) atoms. The molecule has 0 aliphatic rings. The van der Waals surface area contributed by atoms with Crippen molar-refractivity contribution in [2.24, 2.45) is 0 Å². The van der Waals surface area contributed by atoms with E-state index in [1.807, 2.05) is 30.3 Å². The van der Waals surface area contributed by atoms with Gasteiger partial charge >= 0.3 is 0 Å². The third kappa shape index (κ3) is 3.64. The average Bonchev–Trinajstić information content (AvgIpc) is 2.14. The molecule has 0 N–H and O–H groups in total. The molecule has 0 atom stereocenters. The number of rotatable bonds is 5. The molecule has 0 saturated heterocycles. The summed E-state index contributed by atoms with van der Waals surface area (Å²) in [6, 6.07) is 9.46. The number of benzene rings is 1. The van der Waals surface area contributed by atoms with E-state index < -0.39 is 0 Å². The highest BCUT2D eigenvalue weighted by molar-refractivity contribution is 7.94. The number of hydrogen-bond acceptors (Lipinski definition) is 3. The molecule has 1 aromatic carbocycles. The summed E-state index contributed by atoms with van der Waals surface area (Å²) in [6.45, 7) is 2.10. The molecule has 0 spiro atoms. The fourth-order valence-corrected chi connectivity index (χ4v) is 1.02. The zero-order valence-electron chi connectivity index (χ0n) is 7.03. The van der Waals surface area contributed by atoms with Gasteiger partial charge < -0.3 is 4.89 Å². The van der Waals surface area contributed by atoms with E-state index in [2.05, 4.69) is 6.92 Å². The molecule has 0 aliphatic heterocycles. The van der Waals surface area contributed by atoms with Gasteiger partial charge in [-0.25, -0.2) is 0 Å². The van der Waals surface area contributed by atoms with Gasteiger partial charge in [0.05, 0.1) is 0 Å². The van der Waals surface area contributed by atoms with Gasteiger partial charge in [0, 0.05) is 17.8 Å². The molecule has 0 amide bonds. The van der Waals surface area contributed by atoms with Gasteiger partial charge in [0.15, 0.2) is 5.75 Å². The molecule has 3 heteroatoms. The van der Waals surface area contributed by atoms with Crippen LogP contribution in [0.4, 0.5) is 0 Å². The molecule has 1 aromatic rings. The van der Waals surface area contributed by atoms with Crippen LogP contribution in [-0.4, -0.2) is 5.75 Å². The third-order valence-electron chi connectivity index (χ3n) is 1.21. The molecule has 0 fully saturated rings. The molecule has 2 nitrogen and oxygen atoms in total. The maximum atomic E-state index is 4.97. The molecule has 0 aliphatic carbocycles. The highest BCUT2D eigenvalue weighted by atomic mass is 32.2. The second-order valence-corrected chi connectivity index (χ2v) is 3.07. The highest BCUT2D eigenvalue weighted by Gasteiger charge is 1.91. The molecule has 0 aromatic heterocycles. The van der Waals surface area contributed by atoms with Gasteiger partial charge in [-0.2, -0.15) is 0 Å². The smallest absolute Gasteiger partial charge is 0.166 e. The van der Waals surface area contributed by atoms with E-state index in [0.29, 0.717) is 0 Å². The Morgan fingerprint density at radius 2 is 2.00 bits per heavy atom. The van der Waals surface area contributed by atoms with Crippen molar-refractivity contribution in [2.45, 2.75) is 13.3 Å². The quantitative estimate of drug-likeness (QED) is 0.303. The lowest BCUT2D eigenvalue weighted by Crippen LogP contribution is -1.89. The fourth-order valence-electron chi connectivity index (χ4n) is 0.657. The Hall–Kier alpha value is -0.670. The van der Waals surface area contributed by atoms with Crippen LogP contribution in [0.15, 0.2) is 30.3 Å². The Morgan fingerprint density at radius 1 is 1.25 bits per heavy atom. The van der Waals surface area contributed by atoms with Crippen molar-refractivity contribution in [3.63, 3.8) is 0 Å². The van der Waals surface area contributed by atoms with Gasteiger partial charge in [-0.1, -0.05) is 25.1 Å². The van der Waals surface area contributed by atoms with Crippen molar-refractivity contribution in [3.05, 3.63) is 30.3 Å². The van der Waals surface area contributed by atoms with Crippen LogP contribution in [0.5, 0.6) is 5.75 Å². The summed E-state index contributed by atoms with van der Waals surface area (Å²) in [4.78, 5) is 4.97. The van der Waals surface area contributed by atoms with Crippen molar-refractivity contribution in [1.29, 1.82) is 0 Å². The summed E-state index contributed by atoms with van der Waals surface area (Å²) in [5.74, 6) is 1.69. The minimum atomic E-state index is 0.737. The molecule has 0 saturated carbocycles. The third-order valence-corrected chi connectivity index (χ3v) is 1.95. The van der Waals surface area contributed by atoms with Gasteiger partial charge in [0.1, 0.15) is 0 Å². The first-order valence-electron chi connectivity index (χ1n) is 3.94. The van der Waals surface area contributed by atoms with Gasteiger partial charge in [-0.05, 0) is 18.6 Å². The van der Waals surface area contributed by atoms with Crippen LogP contribution in [0, 0.1) is 0 Å². The minimum Gasteiger partial charge on any atom is -0.325 e. The summed E-state index contributed by atoms with van der Waals surface area (Å²) >= 11 is 1.33. The molecular formula is C9H12O2S. The zero-order valence-corrected chi connectivity index (χ0v) is 7.84. The SMILES string of the molecule is CCCSOOc1ccccc1. The van der Waals surface area contributed by atoms with E-state index in [0.717, 1.165) is 17.9 Å². The number of hydrogen-bond donors (Lipinski definition) is 0. The Morgan fingerprint density at radius 3 is 2.67 bits per heavy atom. The van der Waals surface area contributed by atoms with E-state index in [1.54, 1.807) is 0 Å². The molecule has 1 rings (SSSR count). The first kappa shape index (κ1) is 9.42. The summed E-state index contributed by atoms with van der Waals surface area (Å²) in [6.07, 6.45) is 1.09.